The molecule has 1 aromatic heterocycles. The van der Waals surface area contributed by atoms with E-state index in [0.29, 0.717) is 0 Å². The number of nitrogens with zero attached hydrogens (tertiary/aromatic N) is 4. The van der Waals surface area contributed by atoms with Crippen molar-refractivity contribution in [3.05, 3.63) is 39.3 Å². The number of carbonyl (C=O) groups is 1. The first-order valence-electron chi connectivity index (χ1n) is 4.50. The smallest absolute Gasteiger partial charge is 0.276 e. The molecule has 8 heteroatoms. The molecular weight excluding hydrogens is 267 g/mol. The third-order valence-electron chi connectivity index (χ3n) is 2.14. The van der Waals surface area contributed by atoms with Crippen molar-refractivity contribution in [2.24, 2.45) is 7.05 Å². The average molecular weight is 273 g/mol. The van der Waals surface area contributed by atoms with Gasteiger partial charge in [-0.05, 0) is 34.2 Å². The molecule has 0 spiro atoms. The van der Waals surface area contributed by atoms with Crippen molar-refractivity contribution < 1.29 is 4.79 Å². The van der Waals surface area contributed by atoms with Crippen molar-refractivity contribution in [1.82, 2.24) is 19.8 Å². The van der Waals surface area contributed by atoms with Crippen LogP contribution in [0.4, 0.5) is 0 Å². The monoisotopic (exact) mass is 272 g/mol. The van der Waals surface area contributed by atoms with Crippen LogP contribution in [-0.4, -0.2) is 25.0 Å². The molecule has 0 bridgehead atoms. The quantitative estimate of drug-likeness (QED) is 0.765. The minimum atomic E-state index is -0.700. The van der Waals surface area contributed by atoms with Crippen molar-refractivity contribution >= 4 is 28.4 Å². The minimum absolute atomic E-state index is 0.0649. The maximum atomic E-state index is 11.6. The Balaban J connectivity index is 2.69. The van der Waals surface area contributed by atoms with Gasteiger partial charge in [-0.15, -0.1) is 0 Å². The second-order valence-corrected chi connectivity index (χ2v) is 3.93. The topological polar surface area (TPSA) is 69.8 Å². The van der Waals surface area contributed by atoms with Crippen LogP contribution in [0.1, 0.15) is 10.4 Å². The molecule has 0 atom stereocenters. The first-order valence-corrected chi connectivity index (χ1v) is 5.25. The molecule has 1 heterocycles. The van der Waals surface area contributed by atoms with Crippen LogP contribution in [0.3, 0.4) is 0 Å². The fourth-order valence-electron chi connectivity index (χ4n) is 1.30. The highest BCUT2D eigenvalue weighted by Crippen LogP contribution is 2.24. The normalized spacial score (nSPS) is 10.5. The number of benzene rings is 1. The molecule has 2 rings (SSSR count). The third kappa shape index (κ3) is 1.96. The van der Waals surface area contributed by atoms with Gasteiger partial charge in [0.05, 0.1) is 16.3 Å². The van der Waals surface area contributed by atoms with E-state index in [2.05, 4.69) is 10.4 Å². The minimum Gasteiger partial charge on any atom is -0.276 e. The fourth-order valence-corrected chi connectivity index (χ4v) is 1.80. The summed E-state index contributed by atoms with van der Waals surface area (Å²) < 4.78 is 2.04. The lowest BCUT2D eigenvalue weighted by atomic mass is 10.2. The van der Waals surface area contributed by atoms with Gasteiger partial charge in [0.15, 0.2) is 0 Å². The van der Waals surface area contributed by atoms with E-state index in [1.807, 2.05) is 0 Å². The van der Waals surface area contributed by atoms with Crippen LogP contribution >= 0.6 is 23.2 Å². The lowest BCUT2D eigenvalue weighted by Gasteiger charge is -2.04. The van der Waals surface area contributed by atoms with Gasteiger partial charge in [-0.1, -0.05) is 17.7 Å². The highest BCUT2D eigenvalue weighted by molar-refractivity contribution is 6.68. The van der Waals surface area contributed by atoms with E-state index in [9.17, 15) is 9.59 Å². The van der Waals surface area contributed by atoms with Crippen LogP contribution in [0.5, 0.6) is 0 Å². The Morgan fingerprint density at radius 2 is 2.06 bits per heavy atom. The molecule has 0 fully saturated rings. The highest BCUT2D eigenvalue weighted by atomic mass is 35.5. The SMILES string of the molecule is Cn1nnn(-c2cccc(C(=O)Cl)c2Cl)c1=O. The Bertz CT molecular complexity index is 647. The van der Waals surface area contributed by atoms with E-state index in [0.717, 1.165) is 9.36 Å². The summed E-state index contributed by atoms with van der Waals surface area (Å²) in [6.45, 7) is 0. The number of hydrogen-bond donors (Lipinski definition) is 0. The lowest BCUT2D eigenvalue weighted by molar-refractivity contribution is 0.108. The van der Waals surface area contributed by atoms with Crippen LogP contribution in [-0.2, 0) is 7.05 Å². The maximum Gasteiger partial charge on any atom is 0.368 e. The molecule has 1 aromatic carbocycles. The van der Waals surface area contributed by atoms with Crippen molar-refractivity contribution in [3.63, 3.8) is 0 Å². The molecule has 17 heavy (non-hydrogen) atoms. The number of rotatable bonds is 2. The van der Waals surface area contributed by atoms with E-state index in [-0.39, 0.29) is 16.3 Å². The van der Waals surface area contributed by atoms with Gasteiger partial charge in [0.25, 0.3) is 5.24 Å². The largest absolute Gasteiger partial charge is 0.368 e. The maximum absolute atomic E-state index is 11.6. The molecule has 2 aromatic rings. The molecule has 0 aliphatic heterocycles. The zero-order chi connectivity index (χ0) is 12.6. The second-order valence-electron chi connectivity index (χ2n) is 3.21. The lowest BCUT2D eigenvalue weighted by Crippen LogP contribution is -2.22. The van der Waals surface area contributed by atoms with E-state index in [4.69, 9.17) is 23.2 Å². The standard InChI is InChI=1S/C9H6Cl2N4O2/c1-14-9(17)15(13-12-14)6-4-2-3-5(7(6)10)8(11)16/h2-4H,1H3. The molecule has 0 saturated carbocycles. The molecular formula is C9H6Cl2N4O2. The van der Waals surface area contributed by atoms with Gasteiger partial charge < -0.3 is 0 Å². The molecule has 0 aliphatic rings. The highest BCUT2D eigenvalue weighted by Gasteiger charge is 2.15. The summed E-state index contributed by atoms with van der Waals surface area (Å²) in [7, 11) is 1.45. The van der Waals surface area contributed by atoms with Crippen LogP contribution in [0, 0.1) is 0 Å². The summed E-state index contributed by atoms with van der Waals surface area (Å²) in [5.41, 5.74) is -0.0919. The van der Waals surface area contributed by atoms with Crippen LogP contribution in [0.15, 0.2) is 23.0 Å². The number of tetrazole rings is 1. The number of aromatic nitrogens is 4. The molecule has 6 nitrogen and oxygen atoms in total. The van der Waals surface area contributed by atoms with E-state index >= 15 is 0 Å². The Kier molecular flexibility index (Phi) is 2.99. The third-order valence-corrected chi connectivity index (χ3v) is 2.74. The van der Waals surface area contributed by atoms with Gasteiger partial charge in [-0.3, -0.25) is 4.79 Å². The molecule has 0 radical (unpaired) electrons. The predicted octanol–water partition coefficient (Wildman–Crippen LogP) is 0.998. The van der Waals surface area contributed by atoms with Crippen molar-refractivity contribution in [3.8, 4) is 5.69 Å². The summed E-state index contributed by atoms with van der Waals surface area (Å²) in [6, 6.07) is 4.56. The molecule has 0 N–H and O–H groups in total. The van der Waals surface area contributed by atoms with Gasteiger partial charge in [0, 0.05) is 7.05 Å². The van der Waals surface area contributed by atoms with Gasteiger partial charge >= 0.3 is 5.69 Å². The van der Waals surface area contributed by atoms with Crippen LogP contribution in [0.25, 0.3) is 5.69 Å². The Labute approximate surface area is 105 Å². The molecule has 0 amide bonds. The first kappa shape index (κ1) is 11.8. The molecule has 0 aliphatic carbocycles. The van der Waals surface area contributed by atoms with Gasteiger partial charge in [-0.2, -0.15) is 9.36 Å². The van der Waals surface area contributed by atoms with E-state index in [1.165, 1.54) is 13.1 Å². The van der Waals surface area contributed by atoms with Crippen molar-refractivity contribution in [2.45, 2.75) is 0 Å². The number of aryl methyl sites for hydroxylation is 1. The van der Waals surface area contributed by atoms with Crippen LogP contribution < -0.4 is 5.69 Å². The fraction of sp³-hybridized carbons (Fsp3) is 0.111. The van der Waals surface area contributed by atoms with Gasteiger partial charge in [0.1, 0.15) is 0 Å². The van der Waals surface area contributed by atoms with E-state index < -0.39 is 10.9 Å². The summed E-state index contributed by atoms with van der Waals surface area (Å²) in [5.74, 6) is 0. The predicted molar refractivity (Wildman–Crippen MR) is 61.8 cm³/mol. The molecule has 0 unspecified atom stereocenters. The zero-order valence-electron chi connectivity index (χ0n) is 8.59. The average Bonchev–Trinajstić information content (AvgIpc) is 2.60. The van der Waals surface area contributed by atoms with Crippen molar-refractivity contribution in [2.75, 3.05) is 0 Å². The Morgan fingerprint density at radius 1 is 1.35 bits per heavy atom. The summed E-state index contributed by atoms with van der Waals surface area (Å²) in [5, 5.41) is 6.54. The zero-order valence-corrected chi connectivity index (χ0v) is 10.1. The summed E-state index contributed by atoms with van der Waals surface area (Å²) >= 11 is 11.3. The first-order chi connectivity index (χ1) is 8.02. The van der Waals surface area contributed by atoms with Crippen LogP contribution in [0.2, 0.25) is 5.02 Å². The van der Waals surface area contributed by atoms with Gasteiger partial charge in [0.2, 0.25) is 0 Å². The number of halogens is 2. The Morgan fingerprint density at radius 3 is 2.59 bits per heavy atom. The number of carbonyl (C=O) groups excluding carboxylic acids is 1. The Hall–Kier alpha value is -1.66. The number of hydrogen-bond acceptors (Lipinski definition) is 4. The molecule has 88 valence electrons. The molecule has 0 saturated heterocycles. The van der Waals surface area contributed by atoms with Crippen molar-refractivity contribution in [1.29, 1.82) is 0 Å². The van der Waals surface area contributed by atoms with E-state index in [1.54, 1.807) is 12.1 Å². The summed E-state index contributed by atoms with van der Waals surface area (Å²) in [6.07, 6.45) is 0. The summed E-state index contributed by atoms with van der Waals surface area (Å²) in [4.78, 5) is 22.7. The second kappa shape index (κ2) is 4.31. The van der Waals surface area contributed by atoms with Gasteiger partial charge in [-0.25, -0.2) is 4.79 Å².